The van der Waals surface area contributed by atoms with Gasteiger partial charge in [-0.25, -0.2) is 0 Å². The molecule has 0 aromatic heterocycles. The minimum Gasteiger partial charge on any atom is -0.376 e. The van der Waals surface area contributed by atoms with E-state index < -0.39 is 0 Å². The van der Waals surface area contributed by atoms with Crippen LogP contribution in [0.2, 0.25) is 0 Å². The molecule has 1 aliphatic heterocycles. The third kappa shape index (κ3) is 3.09. The molecule has 0 radical (unpaired) electrons. The lowest BCUT2D eigenvalue weighted by Gasteiger charge is -2.36. The maximum atomic E-state index is 5.82. The van der Waals surface area contributed by atoms with Crippen LogP contribution in [-0.2, 0) is 9.47 Å². The van der Waals surface area contributed by atoms with Crippen LogP contribution in [-0.4, -0.2) is 50.5 Å². The Labute approximate surface area is 74.6 Å². The van der Waals surface area contributed by atoms with Gasteiger partial charge in [-0.1, -0.05) is 0 Å². The normalized spacial score (nSPS) is 29.2. The van der Waals surface area contributed by atoms with E-state index in [-0.39, 0.29) is 11.7 Å². The molecule has 1 rings (SSSR count). The van der Waals surface area contributed by atoms with Crippen LogP contribution >= 0.6 is 0 Å². The highest BCUT2D eigenvalue weighted by atomic mass is 16.6. The topological polar surface area (TPSA) is 21.7 Å². The second kappa shape index (κ2) is 3.73. The van der Waals surface area contributed by atoms with Gasteiger partial charge in [-0.2, -0.15) is 0 Å². The zero-order valence-electron chi connectivity index (χ0n) is 8.46. The van der Waals surface area contributed by atoms with Gasteiger partial charge in [0.15, 0.2) is 0 Å². The number of hydrogen-bond acceptors (Lipinski definition) is 3. The van der Waals surface area contributed by atoms with Gasteiger partial charge in [-0.15, -0.1) is 0 Å². The summed E-state index contributed by atoms with van der Waals surface area (Å²) < 4.78 is 11.3. The van der Waals surface area contributed by atoms with Crippen LogP contribution < -0.4 is 0 Å². The quantitative estimate of drug-likeness (QED) is 0.615. The molecule has 3 heteroatoms. The third-order valence-corrected chi connectivity index (χ3v) is 1.81. The van der Waals surface area contributed by atoms with Gasteiger partial charge in [0.1, 0.15) is 0 Å². The highest BCUT2D eigenvalue weighted by Gasteiger charge is 2.29. The highest BCUT2D eigenvalue weighted by Crippen LogP contribution is 2.18. The average Bonchev–Trinajstić information content (AvgIpc) is 1.82. The highest BCUT2D eigenvalue weighted by molar-refractivity contribution is 4.76. The lowest BCUT2D eigenvalue weighted by Crippen LogP contribution is -2.46. The fraction of sp³-hybridized carbons (Fsp3) is 1.00. The van der Waals surface area contributed by atoms with Gasteiger partial charge < -0.3 is 14.4 Å². The summed E-state index contributed by atoms with van der Waals surface area (Å²) in [5.41, 5.74) is -0.112. The van der Waals surface area contributed by atoms with Gasteiger partial charge in [0.2, 0.25) is 0 Å². The largest absolute Gasteiger partial charge is 0.376 e. The molecule has 72 valence electrons. The zero-order chi connectivity index (χ0) is 9.19. The van der Waals surface area contributed by atoms with Gasteiger partial charge in [-0.3, -0.25) is 0 Å². The number of likely N-dealkylation sites (N-methyl/N-ethyl adjacent to an activating group) is 1. The Morgan fingerprint density at radius 2 is 2.08 bits per heavy atom. The molecule has 1 saturated heterocycles. The van der Waals surface area contributed by atoms with Crippen molar-refractivity contribution in [3.05, 3.63) is 0 Å². The summed E-state index contributed by atoms with van der Waals surface area (Å²) in [6, 6.07) is 0. The summed E-state index contributed by atoms with van der Waals surface area (Å²) in [6.45, 7) is 6.49. The summed E-state index contributed by atoms with van der Waals surface area (Å²) in [5.74, 6) is 0. The van der Waals surface area contributed by atoms with Crippen LogP contribution in [0.3, 0.4) is 0 Å². The molecule has 0 bridgehead atoms. The smallest absolute Gasteiger partial charge is 0.0943 e. The predicted molar refractivity (Wildman–Crippen MR) is 48.3 cm³/mol. The number of hydrogen-bond donors (Lipinski definition) is 0. The Balaban J connectivity index is 2.36. The van der Waals surface area contributed by atoms with Crippen LogP contribution in [0.5, 0.6) is 0 Å². The Bertz CT molecular complexity index is 145. The molecule has 0 aromatic carbocycles. The SMILES string of the molecule is CN(C)CC1COCC(C)(C)O1. The Morgan fingerprint density at radius 3 is 2.58 bits per heavy atom. The Morgan fingerprint density at radius 1 is 1.42 bits per heavy atom. The minimum atomic E-state index is -0.112. The van der Waals surface area contributed by atoms with Crippen molar-refractivity contribution in [2.45, 2.75) is 25.6 Å². The van der Waals surface area contributed by atoms with Crippen molar-refractivity contribution in [1.29, 1.82) is 0 Å². The minimum absolute atomic E-state index is 0.112. The summed E-state index contributed by atoms with van der Waals surface area (Å²) in [6.07, 6.45) is 0.226. The van der Waals surface area contributed by atoms with Crippen LogP contribution in [0.15, 0.2) is 0 Å². The van der Waals surface area contributed by atoms with Crippen molar-refractivity contribution in [3.63, 3.8) is 0 Å². The molecule has 0 N–H and O–H groups in total. The van der Waals surface area contributed by atoms with Crippen LogP contribution in [0.25, 0.3) is 0 Å². The lowest BCUT2D eigenvalue weighted by atomic mass is 10.1. The predicted octanol–water partition coefficient (Wildman–Crippen LogP) is 0.742. The van der Waals surface area contributed by atoms with Crippen molar-refractivity contribution in [2.24, 2.45) is 0 Å². The van der Waals surface area contributed by atoms with E-state index in [9.17, 15) is 0 Å². The van der Waals surface area contributed by atoms with Gasteiger partial charge in [0.05, 0.1) is 24.9 Å². The van der Waals surface area contributed by atoms with Crippen molar-refractivity contribution in [2.75, 3.05) is 33.9 Å². The first-order chi connectivity index (χ1) is 5.49. The van der Waals surface area contributed by atoms with Crippen molar-refractivity contribution >= 4 is 0 Å². The van der Waals surface area contributed by atoms with Crippen molar-refractivity contribution in [1.82, 2.24) is 4.90 Å². The first-order valence-corrected chi connectivity index (χ1v) is 4.40. The maximum absolute atomic E-state index is 5.82. The van der Waals surface area contributed by atoms with E-state index >= 15 is 0 Å². The second-order valence-corrected chi connectivity index (χ2v) is 4.28. The molecule has 1 fully saturated rings. The molecule has 1 heterocycles. The lowest BCUT2D eigenvalue weighted by molar-refractivity contribution is -0.185. The van der Waals surface area contributed by atoms with Crippen LogP contribution in [0.1, 0.15) is 13.8 Å². The van der Waals surface area contributed by atoms with Crippen molar-refractivity contribution in [3.8, 4) is 0 Å². The van der Waals surface area contributed by atoms with Crippen LogP contribution in [0.4, 0.5) is 0 Å². The van der Waals surface area contributed by atoms with E-state index in [1.165, 1.54) is 0 Å². The molecular formula is C9H19NO2. The van der Waals surface area contributed by atoms with E-state index in [0.29, 0.717) is 6.61 Å². The molecule has 0 aliphatic carbocycles. The monoisotopic (exact) mass is 173 g/mol. The molecule has 0 aromatic rings. The fourth-order valence-electron chi connectivity index (χ4n) is 1.45. The molecule has 1 aliphatic rings. The van der Waals surface area contributed by atoms with Gasteiger partial charge in [0, 0.05) is 6.54 Å². The summed E-state index contributed by atoms with van der Waals surface area (Å²) in [4.78, 5) is 2.12. The Kier molecular flexibility index (Phi) is 3.09. The molecule has 3 nitrogen and oxygen atoms in total. The van der Waals surface area contributed by atoms with E-state index in [4.69, 9.17) is 9.47 Å². The van der Waals surface area contributed by atoms with Gasteiger partial charge in [0.25, 0.3) is 0 Å². The second-order valence-electron chi connectivity index (χ2n) is 4.28. The zero-order valence-corrected chi connectivity index (χ0v) is 8.46. The number of ether oxygens (including phenoxy) is 2. The maximum Gasteiger partial charge on any atom is 0.0943 e. The average molecular weight is 173 g/mol. The number of rotatable bonds is 2. The van der Waals surface area contributed by atoms with E-state index in [1.807, 2.05) is 14.1 Å². The van der Waals surface area contributed by atoms with E-state index in [2.05, 4.69) is 18.7 Å². The van der Waals surface area contributed by atoms with E-state index in [0.717, 1.165) is 13.2 Å². The first kappa shape index (κ1) is 9.96. The standard InChI is InChI=1S/C9H19NO2/c1-9(2)7-11-6-8(12-9)5-10(3)4/h8H,5-7H2,1-4H3. The summed E-state index contributed by atoms with van der Waals surface area (Å²) in [5, 5.41) is 0. The molecule has 1 atom stereocenters. The summed E-state index contributed by atoms with van der Waals surface area (Å²) >= 11 is 0. The fourth-order valence-corrected chi connectivity index (χ4v) is 1.45. The molecule has 0 amide bonds. The van der Waals surface area contributed by atoms with Gasteiger partial charge in [-0.05, 0) is 27.9 Å². The molecular weight excluding hydrogens is 154 g/mol. The first-order valence-electron chi connectivity index (χ1n) is 4.40. The molecule has 0 saturated carbocycles. The van der Waals surface area contributed by atoms with Gasteiger partial charge >= 0.3 is 0 Å². The molecule has 1 unspecified atom stereocenters. The summed E-state index contributed by atoms with van der Waals surface area (Å²) in [7, 11) is 4.09. The van der Waals surface area contributed by atoms with Crippen molar-refractivity contribution < 1.29 is 9.47 Å². The third-order valence-electron chi connectivity index (χ3n) is 1.81. The van der Waals surface area contributed by atoms with Crippen LogP contribution in [0, 0.1) is 0 Å². The molecule has 12 heavy (non-hydrogen) atoms. The Hall–Kier alpha value is -0.120. The van der Waals surface area contributed by atoms with E-state index in [1.54, 1.807) is 0 Å². The molecule has 0 spiro atoms. The number of nitrogens with zero attached hydrogens (tertiary/aromatic N) is 1.